The maximum atomic E-state index is 5.77. The third-order valence-electron chi connectivity index (χ3n) is 1.78. The van der Waals surface area contributed by atoms with Crippen LogP contribution in [0.2, 0.25) is 5.15 Å². The fraction of sp³-hybridized carbons (Fsp3) is 0.571. The van der Waals surface area contributed by atoms with Crippen molar-refractivity contribution in [3.05, 3.63) is 16.9 Å². The van der Waals surface area contributed by atoms with Crippen LogP contribution in [0.5, 0.6) is 0 Å². The first-order valence-electron chi connectivity index (χ1n) is 3.48. The summed E-state index contributed by atoms with van der Waals surface area (Å²) in [6.45, 7) is 1.98. The largest absolute Gasteiger partial charge is 0.268 e. The molecule has 2 rings (SSSR count). The lowest BCUT2D eigenvalue weighted by atomic mass is 10.4. The maximum Gasteiger partial charge on any atom is 0.153 e. The molecule has 1 fully saturated rings. The second-order valence-electron chi connectivity index (χ2n) is 2.81. The van der Waals surface area contributed by atoms with Crippen molar-refractivity contribution >= 4 is 11.6 Å². The molecule has 1 aliphatic rings. The molecule has 1 aromatic heterocycles. The molecule has 3 heteroatoms. The normalized spacial score (nSPS) is 17.8. The van der Waals surface area contributed by atoms with Crippen molar-refractivity contribution in [1.29, 1.82) is 0 Å². The molecular formula is C7H9ClN2. The molecule has 1 aromatic rings. The zero-order valence-electron chi connectivity index (χ0n) is 5.84. The van der Waals surface area contributed by atoms with Crippen LogP contribution in [0.3, 0.4) is 0 Å². The van der Waals surface area contributed by atoms with Gasteiger partial charge in [-0.2, -0.15) is 5.10 Å². The van der Waals surface area contributed by atoms with Crippen LogP contribution in [-0.2, 0) is 0 Å². The van der Waals surface area contributed by atoms with E-state index < -0.39 is 0 Å². The van der Waals surface area contributed by atoms with Crippen molar-refractivity contribution in [3.8, 4) is 0 Å². The molecule has 1 saturated carbocycles. The zero-order chi connectivity index (χ0) is 7.14. The van der Waals surface area contributed by atoms with Crippen LogP contribution in [0, 0.1) is 6.92 Å². The van der Waals surface area contributed by atoms with Crippen LogP contribution in [0.15, 0.2) is 6.20 Å². The van der Waals surface area contributed by atoms with E-state index in [0.717, 1.165) is 5.56 Å². The summed E-state index contributed by atoms with van der Waals surface area (Å²) in [5, 5.41) is 4.80. The Morgan fingerprint density at radius 3 is 2.80 bits per heavy atom. The van der Waals surface area contributed by atoms with Gasteiger partial charge in [-0.3, -0.25) is 4.68 Å². The van der Waals surface area contributed by atoms with Crippen molar-refractivity contribution in [2.24, 2.45) is 0 Å². The summed E-state index contributed by atoms with van der Waals surface area (Å²) in [5.74, 6) is 0. The van der Waals surface area contributed by atoms with Gasteiger partial charge in [-0.15, -0.1) is 0 Å². The van der Waals surface area contributed by atoms with Gasteiger partial charge in [-0.25, -0.2) is 0 Å². The van der Waals surface area contributed by atoms with Crippen molar-refractivity contribution in [1.82, 2.24) is 9.78 Å². The standard InChI is InChI=1S/C7H9ClN2/c1-5-4-10(6-2-3-6)9-7(5)8/h4,6H,2-3H2,1H3. The van der Waals surface area contributed by atoms with Crippen LogP contribution in [0.1, 0.15) is 24.4 Å². The van der Waals surface area contributed by atoms with E-state index in [9.17, 15) is 0 Å². The van der Waals surface area contributed by atoms with Crippen molar-refractivity contribution in [3.63, 3.8) is 0 Å². The molecule has 0 spiro atoms. The van der Waals surface area contributed by atoms with E-state index in [0.29, 0.717) is 11.2 Å². The molecule has 0 amide bonds. The van der Waals surface area contributed by atoms with Gasteiger partial charge in [-0.05, 0) is 19.8 Å². The highest BCUT2D eigenvalue weighted by atomic mass is 35.5. The summed E-state index contributed by atoms with van der Waals surface area (Å²) in [4.78, 5) is 0. The molecule has 1 heterocycles. The number of aromatic nitrogens is 2. The van der Waals surface area contributed by atoms with E-state index in [4.69, 9.17) is 11.6 Å². The average molecular weight is 157 g/mol. The summed E-state index contributed by atoms with van der Waals surface area (Å²) in [5.41, 5.74) is 1.08. The van der Waals surface area contributed by atoms with E-state index in [-0.39, 0.29) is 0 Å². The number of halogens is 1. The van der Waals surface area contributed by atoms with Gasteiger partial charge in [0.1, 0.15) is 0 Å². The van der Waals surface area contributed by atoms with Gasteiger partial charge < -0.3 is 0 Å². The highest BCUT2D eigenvalue weighted by Crippen LogP contribution is 2.34. The topological polar surface area (TPSA) is 17.8 Å². The Morgan fingerprint density at radius 1 is 1.70 bits per heavy atom. The van der Waals surface area contributed by atoms with Gasteiger partial charge >= 0.3 is 0 Å². The molecule has 1 aliphatic carbocycles. The summed E-state index contributed by atoms with van der Waals surface area (Å²) < 4.78 is 1.97. The highest BCUT2D eigenvalue weighted by Gasteiger charge is 2.24. The van der Waals surface area contributed by atoms with Crippen LogP contribution in [-0.4, -0.2) is 9.78 Å². The molecule has 0 bridgehead atoms. The van der Waals surface area contributed by atoms with E-state index >= 15 is 0 Å². The number of aryl methyl sites for hydroxylation is 1. The van der Waals surface area contributed by atoms with Gasteiger partial charge in [0, 0.05) is 11.8 Å². The second-order valence-corrected chi connectivity index (χ2v) is 3.17. The van der Waals surface area contributed by atoms with Crippen molar-refractivity contribution in [2.75, 3.05) is 0 Å². The molecule has 0 unspecified atom stereocenters. The molecule has 0 saturated heterocycles. The lowest BCUT2D eigenvalue weighted by Gasteiger charge is -1.91. The Hall–Kier alpha value is -0.500. The quantitative estimate of drug-likeness (QED) is 0.610. The predicted molar refractivity (Wildman–Crippen MR) is 40.2 cm³/mol. The van der Waals surface area contributed by atoms with Crippen LogP contribution in [0.4, 0.5) is 0 Å². The lowest BCUT2D eigenvalue weighted by molar-refractivity contribution is 0.641. The van der Waals surface area contributed by atoms with E-state index in [1.54, 1.807) is 0 Å². The minimum absolute atomic E-state index is 0.645. The van der Waals surface area contributed by atoms with E-state index in [1.165, 1.54) is 12.8 Å². The first kappa shape index (κ1) is 6.23. The predicted octanol–water partition coefficient (Wildman–Crippen LogP) is 2.18. The van der Waals surface area contributed by atoms with Crippen molar-refractivity contribution < 1.29 is 0 Å². The summed E-state index contributed by atoms with van der Waals surface area (Å²) >= 11 is 5.77. The van der Waals surface area contributed by atoms with Crippen molar-refractivity contribution in [2.45, 2.75) is 25.8 Å². The lowest BCUT2D eigenvalue weighted by Crippen LogP contribution is -1.92. The minimum Gasteiger partial charge on any atom is -0.268 e. The highest BCUT2D eigenvalue weighted by molar-refractivity contribution is 6.30. The Morgan fingerprint density at radius 2 is 2.40 bits per heavy atom. The maximum absolute atomic E-state index is 5.77. The fourth-order valence-electron chi connectivity index (χ4n) is 0.987. The van der Waals surface area contributed by atoms with E-state index in [2.05, 4.69) is 5.10 Å². The van der Waals surface area contributed by atoms with Gasteiger partial charge in [0.25, 0.3) is 0 Å². The zero-order valence-corrected chi connectivity index (χ0v) is 6.60. The van der Waals surface area contributed by atoms with Gasteiger partial charge in [0.2, 0.25) is 0 Å². The molecule has 0 aliphatic heterocycles. The van der Waals surface area contributed by atoms with E-state index in [1.807, 2.05) is 17.8 Å². The summed E-state index contributed by atoms with van der Waals surface area (Å²) in [6.07, 6.45) is 4.54. The van der Waals surface area contributed by atoms with Crippen LogP contribution < -0.4 is 0 Å². The van der Waals surface area contributed by atoms with Crippen LogP contribution in [0.25, 0.3) is 0 Å². The average Bonchev–Trinajstić information content (AvgIpc) is 2.64. The molecule has 0 radical (unpaired) electrons. The number of rotatable bonds is 1. The molecular weight excluding hydrogens is 148 g/mol. The fourth-order valence-corrected chi connectivity index (χ4v) is 1.12. The van der Waals surface area contributed by atoms with Gasteiger partial charge in [0.05, 0.1) is 6.04 Å². The number of hydrogen-bond acceptors (Lipinski definition) is 1. The molecule has 54 valence electrons. The molecule has 0 atom stereocenters. The Kier molecular flexibility index (Phi) is 1.24. The monoisotopic (exact) mass is 156 g/mol. The molecule has 0 N–H and O–H groups in total. The van der Waals surface area contributed by atoms with Crippen LogP contribution >= 0.6 is 11.6 Å². The first-order chi connectivity index (χ1) is 4.77. The third-order valence-corrected chi connectivity index (χ3v) is 2.15. The third kappa shape index (κ3) is 0.926. The Bertz CT molecular complexity index is 231. The number of nitrogens with zero attached hydrogens (tertiary/aromatic N) is 2. The van der Waals surface area contributed by atoms with Gasteiger partial charge in [-0.1, -0.05) is 11.6 Å². The Balaban J connectivity index is 2.34. The Labute approximate surface area is 64.8 Å². The molecule has 0 aromatic carbocycles. The SMILES string of the molecule is Cc1cn(C2CC2)nc1Cl. The first-order valence-corrected chi connectivity index (χ1v) is 3.86. The number of hydrogen-bond donors (Lipinski definition) is 0. The van der Waals surface area contributed by atoms with Gasteiger partial charge in [0.15, 0.2) is 5.15 Å². The summed E-state index contributed by atoms with van der Waals surface area (Å²) in [6, 6.07) is 0.645. The second kappa shape index (κ2) is 1.99. The summed E-state index contributed by atoms with van der Waals surface area (Å²) in [7, 11) is 0. The molecule has 10 heavy (non-hydrogen) atoms. The smallest absolute Gasteiger partial charge is 0.153 e. The molecule has 2 nitrogen and oxygen atoms in total. The minimum atomic E-state index is 0.645.